The minimum absolute atomic E-state index is 0.0724. The molecule has 2 aromatic heterocycles. The van der Waals surface area contributed by atoms with E-state index >= 15 is 0 Å². The highest BCUT2D eigenvalue weighted by atomic mass is 16.6. The molecule has 0 aliphatic carbocycles. The summed E-state index contributed by atoms with van der Waals surface area (Å²) in [5.74, 6) is 0.554. The van der Waals surface area contributed by atoms with Crippen molar-refractivity contribution in [3.63, 3.8) is 0 Å². The summed E-state index contributed by atoms with van der Waals surface area (Å²) in [4.78, 5) is 21.8. The number of hydrogen-bond donors (Lipinski definition) is 1. The van der Waals surface area contributed by atoms with Crippen molar-refractivity contribution in [2.75, 3.05) is 5.73 Å². The summed E-state index contributed by atoms with van der Waals surface area (Å²) in [5, 5.41) is 10.6. The molecule has 0 aliphatic heterocycles. The molecule has 2 N–H and O–H groups in total. The molecule has 8 heteroatoms. The van der Waals surface area contributed by atoms with Crippen molar-refractivity contribution in [2.45, 2.75) is 0 Å². The lowest BCUT2D eigenvalue weighted by Gasteiger charge is -1.95. The van der Waals surface area contributed by atoms with Gasteiger partial charge < -0.3 is 15.8 Å². The lowest BCUT2D eigenvalue weighted by molar-refractivity contribution is -0.391. The van der Waals surface area contributed by atoms with Gasteiger partial charge in [0.25, 0.3) is 0 Å². The largest absolute Gasteiger partial charge is 0.368 e. The quantitative estimate of drug-likeness (QED) is 0.635. The van der Waals surface area contributed by atoms with Gasteiger partial charge in [0.05, 0.1) is 12.7 Å². The number of rotatable bonds is 3. The Hall–Kier alpha value is -2.77. The number of imidazole rings is 1. The van der Waals surface area contributed by atoms with Crippen molar-refractivity contribution in [3.05, 3.63) is 40.1 Å². The van der Waals surface area contributed by atoms with Crippen LogP contribution in [-0.4, -0.2) is 24.4 Å². The molecule has 0 unspecified atom stereocenters. The van der Waals surface area contributed by atoms with Gasteiger partial charge in [-0.05, 0) is 17.1 Å². The SMILES string of the molecule is Cn1c([N+](=O)[O-])cnc1/C=C\c1ccnc(N)n1. The van der Waals surface area contributed by atoms with Crippen LogP contribution in [0.3, 0.4) is 0 Å². The van der Waals surface area contributed by atoms with Gasteiger partial charge in [0, 0.05) is 12.3 Å². The topological polar surface area (TPSA) is 113 Å². The highest BCUT2D eigenvalue weighted by Crippen LogP contribution is 2.13. The second-order valence-electron chi connectivity index (χ2n) is 3.46. The fraction of sp³-hybridized carbons (Fsp3) is 0.100. The highest BCUT2D eigenvalue weighted by molar-refractivity contribution is 5.65. The van der Waals surface area contributed by atoms with Crippen molar-refractivity contribution < 1.29 is 4.92 Å². The lowest BCUT2D eigenvalue weighted by Crippen LogP contribution is -1.98. The highest BCUT2D eigenvalue weighted by Gasteiger charge is 2.13. The Morgan fingerprint density at radius 2 is 2.22 bits per heavy atom. The molecule has 0 spiro atoms. The predicted molar refractivity (Wildman–Crippen MR) is 65.2 cm³/mol. The van der Waals surface area contributed by atoms with Gasteiger partial charge in [-0.2, -0.15) is 0 Å². The number of anilines is 1. The first kappa shape index (κ1) is 11.7. The predicted octanol–water partition coefficient (Wildman–Crippen LogP) is 0.871. The molecule has 92 valence electrons. The first-order valence-corrected chi connectivity index (χ1v) is 5.00. The summed E-state index contributed by atoms with van der Waals surface area (Å²) in [6, 6.07) is 1.67. The molecule has 0 aliphatic rings. The maximum absolute atomic E-state index is 10.6. The number of nitrogens with two attached hydrogens (primary N) is 1. The Bertz CT molecular complexity index is 619. The van der Waals surface area contributed by atoms with Crippen LogP contribution in [0.1, 0.15) is 11.5 Å². The summed E-state index contributed by atoms with van der Waals surface area (Å²) in [6.07, 6.45) is 6.01. The van der Waals surface area contributed by atoms with Gasteiger partial charge in [-0.1, -0.05) is 0 Å². The van der Waals surface area contributed by atoms with Crippen molar-refractivity contribution in [1.82, 2.24) is 19.5 Å². The number of nitrogen functional groups attached to an aromatic ring is 1. The Kier molecular flexibility index (Phi) is 3.00. The lowest BCUT2D eigenvalue weighted by atomic mass is 10.3. The van der Waals surface area contributed by atoms with Crippen LogP contribution in [0.5, 0.6) is 0 Å². The molecule has 0 atom stereocenters. The van der Waals surface area contributed by atoms with Crippen LogP contribution in [0.25, 0.3) is 12.2 Å². The first-order valence-electron chi connectivity index (χ1n) is 5.00. The molecule has 8 nitrogen and oxygen atoms in total. The van der Waals surface area contributed by atoms with Crippen molar-refractivity contribution in [1.29, 1.82) is 0 Å². The first-order chi connectivity index (χ1) is 8.58. The van der Waals surface area contributed by atoms with Crippen LogP contribution < -0.4 is 5.73 Å². The second-order valence-corrected chi connectivity index (χ2v) is 3.46. The van der Waals surface area contributed by atoms with E-state index in [0.29, 0.717) is 11.5 Å². The summed E-state index contributed by atoms with van der Waals surface area (Å²) in [5.41, 5.74) is 6.04. The molecule has 2 heterocycles. The summed E-state index contributed by atoms with van der Waals surface area (Å²) in [7, 11) is 1.57. The fourth-order valence-electron chi connectivity index (χ4n) is 1.38. The minimum atomic E-state index is -0.493. The zero-order valence-corrected chi connectivity index (χ0v) is 9.52. The van der Waals surface area contributed by atoms with Gasteiger partial charge in [-0.25, -0.2) is 19.5 Å². The van der Waals surface area contributed by atoms with Crippen LogP contribution in [0, 0.1) is 10.1 Å². The molecule has 18 heavy (non-hydrogen) atoms. The normalized spacial score (nSPS) is 10.9. The Morgan fingerprint density at radius 1 is 1.44 bits per heavy atom. The minimum Gasteiger partial charge on any atom is -0.368 e. The van der Waals surface area contributed by atoms with Gasteiger partial charge in [0.15, 0.2) is 0 Å². The molecule has 0 saturated carbocycles. The third-order valence-corrected chi connectivity index (χ3v) is 2.29. The molecule has 0 saturated heterocycles. The van der Waals surface area contributed by atoms with Crippen LogP contribution in [0.15, 0.2) is 18.5 Å². The second kappa shape index (κ2) is 4.62. The summed E-state index contributed by atoms with van der Waals surface area (Å²) < 4.78 is 1.38. The van der Waals surface area contributed by atoms with E-state index in [9.17, 15) is 10.1 Å². The van der Waals surface area contributed by atoms with E-state index < -0.39 is 4.92 Å². The van der Waals surface area contributed by atoms with E-state index in [-0.39, 0.29) is 11.8 Å². The molecule has 0 amide bonds. The Labute approximate surface area is 102 Å². The van der Waals surface area contributed by atoms with Gasteiger partial charge in [-0.3, -0.25) is 0 Å². The Balaban J connectivity index is 2.27. The van der Waals surface area contributed by atoms with Crippen LogP contribution in [-0.2, 0) is 7.05 Å². The molecule has 2 rings (SSSR count). The zero-order valence-electron chi connectivity index (χ0n) is 9.52. The molecule has 0 fully saturated rings. The fourth-order valence-corrected chi connectivity index (χ4v) is 1.38. The van der Waals surface area contributed by atoms with Crippen LogP contribution >= 0.6 is 0 Å². The van der Waals surface area contributed by atoms with E-state index in [1.165, 1.54) is 17.0 Å². The summed E-state index contributed by atoms with van der Waals surface area (Å²) in [6.45, 7) is 0. The number of nitrogens with zero attached hydrogens (tertiary/aromatic N) is 5. The van der Waals surface area contributed by atoms with Gasteiger partial charge in [0.1, 0.15) is 6.20 Å². The average Bonchev–Trinajstić information content (AvgIpc) is 2.68. The van der Waals surface area contributed by atoms with Crippen molar-refractivity contribution in [2.24, 2.45) is 7.05 Å². The van der Waals surface area contributed by atoms with E-state index in [1.807, 2.05) is 0 Å². The average molecular weight is 246 g/mol. The third kappa shape index (κ3) is 2.32. The van der Waals surface area contributed by atoms with Crippen LogP contribution in [0.4, 0.5) is 11.8 Å². The molecular weight excluding hydrogens is 236 g/mol. The molecular formula is C10H10N6O2. The smallest absolute Gasteiger partial charge is 0.342 e. The zero-order chi connectivity index (χ0) is 13.1. The molecule has 0 radical (unpaired) electrons. The van der Waals surface area contributed by atoms with Crippen LogP contribution in [0.2, 0.25) is 0 Å². The maximum Gasteiger partial charge on any atom is 0.342 e. The number of aromatic nitrogens is 4. The van der Waals surface area contributed by atoms with Gasteiger partial charge >= 0.3 is 5.82 Å². The van der Waals surface area contributed by atoms with E-state index in [1.54, 1.807) is 25.3 Å². The van der Waals surface area contributed by atoms with Gasteiger partial charge in [0.2, 0.25) is 11.8 Å². The third-order valence-electron chi connectivity index (χ3n) is 2.29. The molecule has 0 bridgehead atoms. The van der Waals surface area contributed by atoms with E-state index in [4.69, 9.17) is 5.73 Å². The van der Waals surface area contributed by atoms with E-state index in [2.05, 4.69) is 15.0 Å². The van der Waals surface area contributed by atoms with Crippen molar-refractivity contribution in [3.8, 4) is 0 Å². The maximum atomic E-state index is 10.6. The number of hydrogen-bond acceptors (Lipinski definition) is 6. The number of nitro groups is 1. The Morgan fingerprint density at radius 3 is 2.83 bits per heavy atom. The standard InChI is InChI=1S/C10H10N6O2/c1-15-8(13-6-9(15)16(17)18)3-2-7-4-5-12-10(11)14-7/h2-6H,1H3,(H2,11,12,14)/b3-2-. The summed E-state index contributed by atoms with van der Waals surface area (Å²) >= 11 is 0. The molecule has 0 aromatic carbocycles. The van der Waals surface area contributed by atoms with E-state index in [0.717, 1.165) is 0 Å². The van der Waals surface area contributed by atoms with Crippen molar-refractivity contribution >= 4 is 23.9 Å². The monoisotopic (exact) mass is 246 g/mol. The van der Waals surface area contributed by atoms with Gasteiger partial charge in [-0.15, -0.1) is 0 Å². The molecule has 2 aromatic rings.